The molecule has 1 aliphatic rings. The SMILES string of the molecule is c1cc2n(c1)Sn1cccc1CC2. The smallest absolute Gasteiger partial charge is 0.0798 e. The Morgan fingerprint density at radius 1 is 0.923 bits per heavy atom. The molecule has 3 heterocycles. The Balaban J connectivity index is 2.10. The van der Waals surface area contributed by atoms with Gasteiger partial charge in [-0.15, -0.1) is 0 Å². The summed E-state index contributed by atoms with van der Waals surface area (Å²) in [5.74, 6) is 0. The molecule has 0 aromatic carbocycles. The van der Waals surface area contributed by atoms with Crippen molar-refractivity contribution in [3.05, 3.63) is 48.0 Å². The summed E-state index contributed by atoms with van der Waals surface area (Å²) in [5, 5.41) is 0. The van der Waals surface area contributed by atoms with Crippen LogP contribution in [-0.2, 0) is 12.8 Å². The van der Waals surface area contributed by atoms with Crippen LogP contribution in [0.3, 0.4) is 0 Å². The van der Waals surface area contributed by atoms with Crippen molar-refractivity contribution in [1.82, 2.24) is 7.94 Å². The fourth-order valence-corrected chi connectivity index (χ4v) is 2.65. The minimum Gasteiger partial charge on any atom is -0.278 e. The van der Waals surface area contributed by atoms with E-state index in [1.807, 2.05) is 0 Å². The average Bonchev–Trinajstić information content (AvgIpc) is 2.72. The number of aromatic nitrogens is 2. The van der Waals surface area contributed by atoms with Crippen LogP contribution in [0.15, 0.2) is 36.7 Å². The predicted molar refractivity (Wildman–Crippen MR) is 54.7 cm³/mol. The maximum atomic E-state index is 2.23. The Hall–Kier alpha value is -1.09. The lowest BCUT2D eigenvalue weighted by Gasteiger charge is -2.04. The highest BCUT2D eigenvalue weighted by Gasteiger charge is 2.11. The number of nitrogens with zero attached hydrogens (tertiary/aromatic N) is 2. The van der Waals surface area contributed by atoms with Crippen LogP contribution < -0.4 is 0 Å². The molecule has 0 amide bonds. The van der Waals surface area contributed by atoms with Crippen molar-refractivity contribution in [2.24, 2.45) is 0 Å². The molecule has 0 saturated carbocycles. The van der Waals surface area contributed by atoms with Crippen LogP contribution in [0.2, 0.25) is 0 Å². The Kier molecular flexibility index (Phi) is 1.52. The number of fused-ring (bicyclic) bond motifs is 2. The van der Waals surface area contributed by atoms with Gasteiger partial charge in [-0.1, -0.05) is 0 Å². The molecule has 1 aliphatic heterocycles. The summed E-state index contributed by atoms with van der Waals surface area (Å²) in [5.41, 5.74) is 2.82. The van der Waals surface area contributed by atoms with Crippen LogP contribution in [0, 0.1) is 0 Å². The van der Waals surface area contributed by atoms with E-state index >= 15 is 0 Å². The first-order valence-corrected chi connectivity index (χ1v) is 5.18. The van der Waals surface area contributed by atoms with E-state index in [9.17, 15) is 0 Å². The minimum absolute atomic E-state index is 1.14. The van der Waals surface area contributed by atoms with Gasteiger partial charge in [-0.3, -0.25) is 7.94 Å². The van der Waals surface area contributed by atoms with Gasteiger partial charge in [-0.25, -0.2) is 0 Å². The summed E-state index contributed by atoms with van der Waals surface area (Å²) >= 11 is 1.75. The van der Waals surface area contributed by atoms with E-state index in [1.165, 1.54) is 11.4 Å². The third-order valence-corrected chi connectivity index (χ3v) is 3.46. The monoisotopic (exact) mass is 190 g/mol. The lowest BCUT2D eigenvalue weighted by Crippen LogP contribution is -1.92. The van der Waals surface area contributed by atoms with Gasteiger partial charge in [0.25, 0.3) is 0 Å². The fourth-order valence-electron chi connectivity index (χ4n) is 1.70. The Labute approximate surface area is 81.4 Å². The standard InChI is InChI=1S/C10H10N2S/c1-3-9-5-6-10-4-2-8-12(10)13-11(9)7-1/h1-4,7-8H,5-6H2. The van der Waals surface area contributed by atoms with Gasteiger partial charge >= 0.3 is 0 Å². The van der Waals surface area contributed by atoms with E-state index in [0.29, 0.717) is 0 Å². The van der Waals surface area contributed by atoms with E-state index < -0.39 is 0 Å². The molecule has 3 rings (SSSR count). The molecule has 0 atom stereocenters. The number of hydrogen-bond acceptors (Lipinski definition) is 1. The van der Waals surface area contributed by atoms with Gasteiger partial charge in [0, 0.05) is 23.8 Å². The second kappa shape index (κ2) is 2.70. The summed E-state index contributed by atoms with van der Waals surface area (Å²) in [7, 11) is 0. The molecule has 0 N–H and O–H groups in total. The van der Waals surface area contributed by atoms with E-state index in [-0.39, 0.29) is 0 Å². The zero-order chi connectivity index (χ0) is 8.67. The molecule has 0 unspecified atom stereocenters. The number of aryl methyl sites for hydroxylation is 2. The summed E-state index contributed by atoms with van der Waals surface area (Å²) in [6.45, 7) is 0. The predicted octanol–water partition coefficient (Wildman–Crippen LogP) is 2.35. The highest BCUT2D eigenvalue weighted by atomic mass is 32.2. The second-order valence-electron chi connectivity index (χ2n) is 3.23. The summed E-state index contributed by atoms with van der Waals surface area (Å²) < 4.78 is 4.47. The minimum atomic E-state index is 1.14. The highest BCUT2D eigenvalue weighted by molar-refractivity contribution is 7.96. The van der Waals surface area contributed by atoms with Crippen LogP contribution in [0.5, 0.6) is 0 Å². The highest BCUT2D eigenvalue weighted by Crippen LogP contribution is 2.23. The largest absolute Gasteiger partial charge is 0.278 e. The van der Waals surface area contributed by atoms with Crippen LogP contribution in [0.25, 0.3) is 0 Å². The first kappa shape index (κ1) is 7.33. The molecule has 0 fully saturated rings. The molecule has 0 bridgehead atoms. The molecule has 3 heteroatoms. The molecule has 13 heavy (non-hydrogen) atoms. The first-order chi connectivity index (χ1) is 6.43. The Bertz CT molecular complexity index is 387. The number of hydrogen-bond donors (Lipinski definition) is 0. The molecule has 0 saturated heterocycles. The quantitative estimate of drug-likeness (QED) is 0.620. The molecule has 0 spiro atoms. The summed E-state index contributed by atoms with van der Waals surface area (Å²) in [6, 6.07) is 8.60. The van der Waals surface area contributed by atoms with Crippen LogP contribution in [0.1, 0.15) is 11.4 Å². The zero-order valence-corrected chi connectivity index (χ0v) is 8.00. The van der Waals surface area contributed by atoms with Gasteiger partial charge in [-0.2, -0.15) is 0 Å². The van der Waals surface area contributed by atoms with Gasteiger partial charge in [0.15, 0.2) is 0 Å². The van der Waals surface area contributed by atoms with Crippen LogP contribution >= 0.6 is 12.1 Å². The zero-order valence-electron chi connectivity index (χ0n) is 7.18. The van der Waals surface area contributed by atoms with Crippen molar-refractivity contribution in [3.63, 3.8) is 0 Å². The van der Waals surface area contributed by atoms with E-state index in [1.54, 1.807) is 12.1 Å². The van der Waals surface area contributed by atoms with Gasteiger partial charge in [-0.05, 0) is 37.1 Å². The number of rotatable bonds is 0. The molecule has 2 aromatic heterocycles. The normalized spacial score (nSPS) is 14.8. The van der Waals surface area contributed by atoms with Crippen molar-refractivity contribution in [1.29, 1.82) is 0 Å². The lowest BCUT2D eigenvalue weighted by molar-refractivity contribution is 0.898. The molecule has 0 aliphatic carbocycles. The van der Waals surface area contributed by atoms with Crippen molar-refractivity contribution >= 4 is 12.1 Å². The van der Waals surface area contributed by atoms with Gasteiger partial charge in [0.05, 0.1) is 12.1 Å². The lowest BCUT2D eigenvalue weighted by atomic mass is 10.2. The van der Waals surface area contributed by atoms with Crippen molar-refractivity contribution < 1.29 is 0 Å². The third kappa shape index (κ3) is 1.11. The molecule has 66 valence electrons. The van der Waals surface area contributed by atoms with Crippen molar-refractivity contribution in [2.45, 2.75) is 12.8 Å². The average molecular weight is 190 g/mol. The second-order valence-corrected chi connectivity index (χ2v) is 4.18. The van der Waals surface area contributed by atoms with Crippen molar-refractivity contribution in [2.75, 3.05) is 0 Å². The van der Waals surface area contributed by atoms with Crippen LogP contribution in [0.4, 0.5) is 0 Å². The van der Waals surface area contributed by atoms with Gasteiger partial charge in [0.2, 0.25) is 0 Å². The first-order valence-electron chi connectivity index (χ1n) is 4.45. The van der Waals surface area contributed by atoms with Crippen molar-refractivity contribution in [3.8, 4) is 0 Å². The summed E-state index contributed by atoms with van der Waals surface area (Å²) in [6.07, 6.45) is 6.53. The Morgan fingerprint density at radius 3 is 2.00 bits per heavy atom. The third-order valence-electron chi connectivity index (χ3n) is 2.40. The molecule has 0 radical (unpaired) electrons. The summed E-state index contributed by atoms with van der Waals surface area (Å²) in [4.78, 5) is 0. The molecule has 2 aromatic rings. The van der Waals surface area contributed by atoms with Gasteiger partial charge < -0.3 is 0 Å². The van der Waals surface area contributed by atoms with E-state index in [4.69, 9.17) is 0 Å². The molecular weight excluding hydrogens is 180 g/mol. The molecule has 2 nitrogen and oxygen atoms in total. The molecular formula is C10H10N2S. The topological polar surface area (TPSA) is 9.86 Å². The van der Waals surface area contributed by atoms with Crippen LogP contribution in [-0.4, -0.2) is 7.94 Å². The fraction of sp³-hybridized carbons (Fsp3) is 0.200. The van der Waals surface area contributed by atoms with E-state index in [0.717, 1.165) is 12.8 Å². The van der Waals surface area contributed by atoms with E-state index in [2.05, 4.69) is 44.6 Å². The Morgan fingerprint density at radius 2 is 1.46 bits per heavy atom. The van der Waals surface area contributed by atoms with Gasteiger partial charge in [0.1, 0.15) is 0 Å². The maximum Gasteiger partial charge on any atom is 0.0798 e. The maximum absolute atomic E-state index is 2.23.